The van der Waals surface area contributed by atoms with Gasteiger partial charge >= 0.3 is 0 Å². The zero-order chi connectivity index (χ0) is 26.5. The lowest BCUT2D eigenvalue weighted by Gasteiger charge is -2.23. The Morgan fingerprint density at radius 3 is 2.36 bits per heavy atom. The van der Waals surface area contributed by atoms with E-state index in [2.05, 4.69) is 79.2 Å². The second-order valence-corrected chi connectivity index (χ2v) is 11.0. The Morgan fingerprint density at radius 2 is 1.56 bits per heavy atom. The minimum absolute atomic E-state index is 0.585. The molecule has 2 aromatic heterocycles. The van der Waals surface area contributed by atoms with E-state index in [1.54, 1.807) is 0 Å². The van der Waals surface area contributed by atoms with E-state index in [0.29, 0.717) is 11.5 Å². The third-order valence-corrected chi connectivity index (χ3v) is 8.69. The van der Waals surface area contributed by atoms with Gasteiger partial charge in [-0.1, -0.05) is 73.9 Å². The summed E-state index contributed by atoms with van der Waals surface area (Å²) in [7, 11) is 2.17. The van der Waals surface area contributed by atoms with Crippen molar-refractivity contribution in [3.05, 3.63) is 102 Å². The fraction of sp³-hybridized carbons (Fsp3) is 0.222. The van der Waals surface area contributed by atoms with Gasteiger partial charge in [-0.15, -0.1) is 0 Å². The Kier molecular flexibility index (Phi) is 5.71. The zero-order valence-electron chi connectivity index (χ0n) is 22.5. The number of fused-ring (bicyclic) bond motifs is 4. The summed E-state index contributed by atoms with van der Waals surface area (Å²) in [6.07, 6.45) is 6.45. The quantitative estimate of drug-likeness (QED) is 0.224. The number of hydrogen-bond donors (Lipinski definition) is 0. The molecule has 4 aromatic carbocycles. The maximum atomic E-state index is 9.86. The van der Waals surface area contributed by atoms with Crippen molar-refractivity contribution in [2.45, 2.75) is 44.9 Å². The van der Waals surface area contributed by atoms with E-state index in [9.17, 15) is 5.26 Å². The second-order valence-electron chi connectivity index (χ2n) is 11.0. The average Bonchev–Trinajstić information content (AvgIpc) is 3.36. The Bertz CT molecular complexity index is 1920. The topological polar surface area (TPSA) is 40.8 Å². The highest BCUT2D eigenvalue weighted by Gasteiger charge is 2.28. The van der Waals surface area contributed by atoms with Crippen LogP contribution in [-0.2, 0) is 7.05 Å². The van der Waals surface area contributed by atoms with Gasteiger partial charge in [-0.05, 0) is 60.6 Å². The number of hydrogen-bond acceptors (Lipinski definition) is 2. The number of para-hydroxylation sites is 1. The molecule has 1 aliphatic carbocycles. The average molecular weight is 508 g/mol. The molecule has 0 N–H and O–H groups in total. The molecule has 0 spiro atoms. The zero-order valence-corrected chi connectivity index (χ0v) is 22.5. The lowest BCUT2D eigenvalue weighted by atomic mass is 9.82. The predicted molar refractivity (Wildman–Crippen MR) is 159 cm³/mol. The Labute approximate surface area is 228 Å². The van der Waals surface area contributed by atoms with Crippen LogP contribution in [0.2, 0.25) is 0 Å². The van der Waals surface area contributed by atoms with Crippen molar-refractivity contribution in [2.75, 3.05) is 0 Å². The van der Waals surface area contributed by atoms with Gasteiger partial charge in [0.05, 0.1) is 17.2 Å². The molecule has 0 saturated heterocycles. The molecule has 1 saturated carbocycles. The largest absolute Gasteiger partial charge is 0.454 e. The van der Waals surface area contributed by atoms with Crippen LogP contribution in [-0.4, -0.2) is 0 Å². The molecular formula is C36H31N2O+. The predicted octanol–water partition coefficient (Wildman–Crippen LogP) is 9.13. The molecule has 39 heavy (non-hydrogen) atoms. The van der Waals surface area contributed by atoms with Crippen LogP contribution >= 0.6 is 0 Å². The first-order valence-corrected chi connectivity index (χ1v) is 14.0. The number of aryl methyl sites for hydroxylation is 2. The van der Waals surface area contributed by atoms with Gasteiger partial charge in [-0.2, -0.15) is 9.83 Å². The monoisotopic (exact) mass is 507 g/mol. The summed E-state index contributed by atoms with van der Waals surface area (Å²) in [5, 5.41) is 13.3. The van der Waals surface area contributed by atoms with Gasteiger partial charge in [-0.25, -0.2) is 0 Å². The van der Waals surface area contributed by atoms with Gasteiger partial charge in [0.2, 0.25) is 11.2 Å². The van der Waals surface area contributed by atoms with Crippen LogP contribution < -0.4 is 4.57 Å². The molecule has 0 atom stereocenters. The van der Waals surface area contributed by atoms with Gasteiger partial charge in [0.15, 0.2) is 0 Å². The fourth-order valence-electron chi connectivity index (χ4n) is 6.71. The van der Waals surface area contributed by atoms with Gasteiger partial charge in [0, 0.05) is 33.9 Å². The molecule has 0 unspecified atom stereocenters. The van der Waals surface area contributed by atoms with E-state index < -0.39 is 0 Å². The number of pyridine rings is 1. The van der Waals surface area contributed by atoms with Crippen molar-refractivity contribution in [1.29, 1.82) is 5.26 Å². The highest BCUT2D eigenvalue weighted by Crippen LogP contribution is 2.43. The third-order valence-electron chi connectivity index (χ3n) is 8.69. The summed E-state index contributed by atoms with van der Waals surface area (Å²) in [6.45, 7) is 2.18. The van der Waals surface area contributed by atoms with E-state index in [1.807, 2.05) is 30.3 Å². The number of benzene rings is 4. The maximum Gasteiger partial charge on any atom is 0.217 e. The van der Waals surface area contributed by atoms with Gasteiger partial charge in [-0.3, -0.25) is 0 Å². The minimum Gasteiger partial charge on any atom is -0.454 e. The van der Waals surface area contributed by atoms with Crippen molar-refractivity contribution < 1.29 is 8.98 Å². The summed E-state index contributed by atoms with van der Waals surface area (Å²) >= 11 is 0. The fourth-order valence-corrected chi connectivity index (χ4v) is 6.71. The molecule has 190 valence electrons. The van der Waals surface area contributed by atoms with E-state index in [1.165, 1.54) is 59.8 Å². The molecule has 6 aromatic rings. The number of furan rings is 1. The summed E-state index contributed by atoms with van der Waals surface area (Å²) in [5.41, 5.74) is 10.6. The molecule has 3 nitrogen and oxygen atoms in total. The molecule has 0 aliphatic heterocycles. The lowest BCUT2D eigenvalue weighted by molar-refractivity contribution is -0.633. The highest BCUT2D eigenvalue weighted by atomic mass is 16.3. The molecule has 0 bridgehead atoms. The number of rotatable bonds is 3. The molecule has 2 heterocycles. The lowest BCUT2D eigenvalue weighted by Crippen LogP contribution is -2.33. The van der Waals surface area contributed by atoms with Crippen molar-refractivity contribution >= 4 is 32.8 Å². The first-order valence-electron chi connectivity index (χ1n) is 14.0. The van der Waals surface area contributed by atoms with Crippen LogP contribution in [0.25, 0.3) is 55.2 Å². The van der Waals surface area contributed by atoms with Crippen LogP contribution in [0.3, 0.4) is 0 Å². The summed E-state index contributed by atoms with van der Waals surface area (Å²) in [4.78, 5) is 0. The molecular weight excluding hydrogens is 476 g/mol. The van der Waals surface area contributed by atoms with E-state index in [0.717, 1.165) is 38.6 Å². The summed E-state index contributed by atoms with van der Waals surface area (Å²) < 4.78 is 9.16. The van der Waals surface area contributed by atoms with Crippen LogP contribution in [0.1, 0.15) is 54.7 Å². The molecule has 1 fully saturated rings. The van der Waals surface area contributed by atoms with Crippen LogP contribution in [0.15, 0.2) is 89.3 Å². The Hall–Kier alpha value is -4.42. The highest BCUT2D eigenvalue weighted by molar-refractivity contribution is 6.13. The van der Waals surface area contributed by atoms with Gasteiger partial charge in [0.25, 0.3) is 0 Å². The van der Waals surface area contributed by atoms with E-state index in [-0.39, 0.29) is 0 Å². The standard InChI is InChI=1S/C36H31N2O/c1-23-17-18-28-31-20-24(22-37)19-30(26-13-7-4-8-14-26)35(31)39-36(28)34(23)33-21-29(25-11-5-3-6-12-25)27-15-9-10-16-32(27)38(33)2/h4,7-10,13-21,25H,3,5-6,11-12H2,1-2H3/q+1. The minimum atomic E-state index is 0.585. The molecule has 0 amide bonds. The normalized spacial score (nSPS) is 14.3. The van der Waals surface area contributed by atoms with Crippen LogP contribution in [0.4, 0.5) is 0 Å². The second kappa shape index (κ2) is 9.40. The Balaban J connectivity index is 1.56. The van der Waals surface area contributed by atoms with Crippen molar-refractivity contribution in [3.8, 4) is 28.5 Å². The van der Waals surface area contributed by atoms with Gasteiger partial charge < -0.3 is 4.42 Å². The molecule has 1 aliphatic rings. The molecule has 7 rings (SSSR count). The number of aromatic nitrogens is 1. The third kappa shape index (κ3) is 3.82. The maximum absolute atomic E-state index is 9.86. The van der Waals surface area contributed by atoms with Crippen molar-refractivity contribution in [1.82, 2.24) is 0 Å². The van der Waals surface area contributed by atoms with Crippen molar-refractivity contribution in [3.63, 3.8) is 0 Å². The molecule has 3 heteroatoms. The summed E-state index contributed by atoms with van der Waals surface area (Å²) in [5.74, 6) is 0.585. The Morgan fingerprint density at radius 1 is 0.795 bits per heavy atom. The summed E-state index contributed by atoms with van der Waals surface area (Å²) in [6, 6.07) is 32.1. The number of nitriles is 1. The van der Waals surface area contributed by atoms with Crippen LogP contribution in [0, 0.1) is 18.3 Å². The van der Waals surface area contributed by atoms with Crippen LogP contribution in [0.5, 0.6) is 0 Å². The van der Waals surface area contributed by atoms with Gasteiger partial charge in [0.1, 0.15) is 18.2 Å². The van der Waals surface area contributed by atoms with Crippen molar-refractivity contribution in [2.24, 2.45) is 7.05 Å². The van der Waals surface area contributed by atoms with E-state index in [4.69, 9.17) is 4.42 Å². The molecule has 0 radical (unpaired) electrons. The number of nitrogens with zero attached hydrogens (tertiary/aromatic N) is 2. The first-order chi connectivity index (χ1) is 19.1. The SMILES string of the molecule is Cc1ccc2c(oc3c(-c4ccccc4)cc(C#N)cc32)c1-c1cc(C2CCCCC2)c2ccccc2[n+]1C. The van der Waals surface area contributed by atoms with E-state index >= 15 is 0 Å². The first kappa shape index (κ1) is 23.7. The smallest absolute Gasteiger partial charge is 0.217 e.